The molecule has 1 aliphatic rings. The summed E-state index contributed by atoms with van der Waals surface area (Å²) in [5.74, 6) is -1.02. The molecule has 4 rings (SSSR count). The van der Waals surface area contributed by atoms with Crippen LogP contribution < -0.4 is 10.2 Å². The minimum atomic E-state index is -0.768. The fourth-order valence-corrected chi connectivity index (χ4v) is 4.98. The van der Waals surface area contributed by atoms with Crippen molar-refractivity contribution in [1.82, 2.24) is 5.32 Å². The molecular formula is C29H25N3O4S. The molecule has 37 heavy (non-hydrogen) atoms. The highest BCUT2D eigenvalue weighted by atomic mass is 32.2. The number of hydrogen-bond donors (Lipinski definition) is 1. The van der Waals surface area contributed by atoms with E-state index in [0.29, 0.717) is 16.5 Å². The molecule has 0 fully saturated rings. The zero-order chi connectivity index (χ0) is 26.2. The largest absolute Gasteiger partial charge is 0.468 e. The topological polar surface area (TPSA) is 95.6 Å². The maximum Gasteiger partial charge on any atom is 0.337 e. The molecule has 3 aromatic rings. The van der Waals surface area contributed by atoms with Crippen molar-refractivity contribution < 1.29 is 18.7 Å². The van der Waals surface area contributed by atoms with Crippen LogP contribution in [0.25, 0.3) is 0 Å². The predicted octanol–water partition coefficient (Wildman–Crippen LogP) is 5.80. The third kappa shape index (κ3) is 5.68. The molecule has 186 valence electrons. The third-order valence-corrected chi connectivity index (χ3v) is 6.65. The molecule has 0 bridgehead atoms. The Morgan fingerprint density at radius 1 is 1.11 bits per heavy atom. The molecule has 1 atom stereocenters. The van der Waals surface area contributed by atoms with E-state index < -0.39 is 11.9 Å². The van der Waals surface area contributed by atoms with Crippen molar-refractivity contribution in [2.75, 3.05) is 17.3 Å². The number of carbonyl (C=O) groups excluding carboxylic acids is 2. The molecule has 1 aliphatic heterocycles. The van der Waals surface area contributed by atoms with Gasteiger partial charge in [0.05, 0.1) is 40.2 Å². The lowest BCUT2D eigenvalue weighted by molar-refractivity contribution is -0.138. The molecule has 0 saturated carbocycles. The summed E-state index contributed by atoms with van der Waals surface area (Å²) in [6.45, 7) is 5.35. The number of esters is 1. The van der Waals surface area contributed by atoms with Crippen LogP contribution in [0.4, 0.5) is 11.4 Å². The van der Waals surface area contributed by atoms with Crippen LogP contribution in [0.5, 0.6) is 0 Å². The van der Waals surface area contributed by atoms with E-state index in [0.717, 1.165) is 11.4 Å². The van der Waals surface area contributed by atoms with E-state index in [-0.39, 0.29) is 29.4 Å². The van der Waals surface area contributed by atoms with Gasteiger partial charge in [0.1, 0.15) is 12.4 Å². The quantitative estimate of drug-likeness (QED) is 0.286. The van der Waals surface area contributed by atoms with Gasteiger partial charge < -0.3 is 14.5 Å². The highest BCUT2D eigenvalue weighted by molar-refractivity contribution is 8.03. The van der Waals surface area contributed by atoms with Crippen LogP contribution >= 0.6 is 11.8 Å². The number of thioether (sulfide) groups is 1. The molecule has 1 unspecified atom stereocenters. The number of furan rings is 1. The van der Waals surface area contributed by atoms with Crippen LogP contribution in [-0.2, 0) is 14.3 Å². The van der Waals surface area contributed by atoms with Gasteiger partial charge in [0.15, 0.2) is 0 Å². The molecule has 8 heteroatoms. The number of carbonyl (C=O) groups is 2. The Hall–Kier alpha value is -4.48. The Balaban J connectivity index is 1.64. The number of amides is 1. The lowest BCUT2D eigenvalue weighted by Crippen LogP contribution is -2.31. The summed E-state index contributed by atoms with van der Waals surface area (Å²) >= 11 is 1.20. The van der Waals surface area contributed by atoms with E-state index in [1.165, 1.54) is 24.1 Å². The number of hydrogen-bond acceptors (Lipinski definition) is 7. The summed E-state index contributed by atoms with van der Waals surface area (Å²) in [4.78, 5) is 28.1. The van der Waals surface area contributed by atoms with Crippen LogP contribution in [0.3, 0.4) is 0 Å². The van der Waals surface area contributed by atoms with Crippen molar-refractivity contribution in [3.8, 4) is 6.07 Å². The molecule has 2 aromatic carbocycles. The van der Waals surface area contributed by atoms with Gasteiger partial charge in [-0.2, -0.15) is 5.26 Å². The number of benzene rings is 2. The Labute approximate surface area is 219 Å². The highest BCUT2D eigenvalue weighted by Crippen LogP contribution is 2.41. The van der Waals surface area contributed by atoms with Crippen molar-refractivity contribution in [3.05, 3.63) is 119 Å². The molecule has 2 heterocycles. The van der Waals surface area contributed by atoms with Crippen molar-refractivity contribution in [2.45, 2.75) is 12.8 Å². The first-order valence-electron chi connectivity index (χ1n) is 11.5. The van der Waals surface area contributed by atoms with E-state index >= 15 is 0 Å². The number of ether oxygens (including phenoxy) is 1. The maximum absolute atomic E-state index is 13.5. The monoisotopic (exact) mass is 511 g/mol. The van der Waals surface area contributed by atoms with E-state index in [2.05, 4.69) is 18.0 Å². The van der Waals surface area contributed by atoms with Crippen molar-refractivity contribution >= 4 is 35.0 Å². The summed E-state index contributed by atoms with van der Waals surface area (Å²) in [6.07, 6.45) is 2.97. The van der Waals surface area contributed by atoms with Gasteiger partial charge in [-0.05, 0) is 43.3 Å². The van der Waals surface area contributed by atoms with Crippen molar-refractivity contribution in [2.24, 2.45) is 0 Å². The molecule has 0 saturated heterocycles. The SMILES string of the molecule is C=CCOC(=O)C1=C(C)NC(SCC(=O)N(c2ccccc2)c2ccccc2)=C(C#N)C1c1ccco1. The van der Waals surface area contributed by atoms with Crippen LogP contribution in [0, 0.1) is 11.3 Å². The Morgan fingerprint density at radius 2 is 1.76 bits per heavy atom. The molecule has 0 aliphatic carbocycles. The first-order chi connectivity index (χ1) is 18.0. The highest BCUT2D eigenvalue weighted by Gasteiger charge is 2.37. The molecule has 1 N–H and O–H groups in total. The first-order valence-corrected chi connectivity index (χ1v) is 12.5. The van der Waals surface area contributed by atoms with Crippen molar-refractivity contribution in [1.29, 1.82) is 5.26 Å². The fraction of sp³-hybridized carbons (Fsp3) is 0.138. The van der Waals surface area contributed by atoms with Crippen LogP contribution in [-0.4, -0.2) is 24.2 Å². The van der Waals surface area contributed by atoms with Crippen molar-refractivity contribution in [3.63, 3.8) is 0 Å². The number of rotatable bonds is 9. The van der Waals surface area contributed by atoms with Gasteiger partial charge in [0, 0.05) is 17.1 Å². The van der Waals surface area contributed by atoms with E-state index in [1.807, 2.05) is 60.7 Å². The van der Waals surface area contributed by atoms with Gasteiger partial charge in [-0.15, -0.1) is 0 Å². The van der Waals surface area contributed by atoms with Crippen LogP contribution in [0.2, 0.25) is 0 Å². The fourth-order valence-electron chi connectivity index (χ4n) is 4.04. The van der Waals surface area contributed by atoms with E-state index in [4.69, 9.17) is 9.15 Å². The van der Waals surface area contributed by atoms with Gasteiger partial charge in [0.2, 0.25) is 5.91 Å². The summed E-state index contributed by atoms with van der Waals surface area (Å²) in [5, 5.41) is 13.8. The molecule has 7 nitrogen and oxygen atoms in total. The van der Waals surface area contributed by atoms with E-state index in [1.54, 1.807) is 24.0 Å². The average Bonchev–Trinajstić information content (AvgIpc) is 3.46. The van der Waals surface area contributed by atoms with Gasteiger partial charge in [-0.3, -0.25) is 9.69 Å². The molecular weight excluding hydrogens is 486 g/mol. The Morgan fingerprint density at radius 3 is 2.30 bits per heavy atom. The third-order valence-electron chi connectivity index (χ3n) is 5.65. The predicted molar refractivity (Wildman–Crippen MR) is 144 cm³/mol. The smallest absolute Gasteiger partial charge is 0.337 e. The van der Waals surface area contributed by atoms with Gasteiger partial charge >= 0.3 is 5.97 Å². The lowest BCUT2D eigenvalue weighted by Gasteiger charge is -2.28. The van der Waals surface area contributed by atoms with Crippen LogP contribution in [0.15, 0.2) is 118 Å². The zero-order valence-corrected chi connectivity index (χ0v) is 21.0. The summed E-state index contributed by atoms with van der Waals surface area (Å²) in [6, 6.07) is 24.4. The number of anilines is 2. The first kappa shape index (κ1) is 25.6. The second kappa shape index (κ2) is 12.0. The van der Waals surface area contributed by atoms with Gasteiger partial charge in [-0.1, -0.05) is 60.8 Å². The number of para-hydroxylation sites is 2. The summed E-state index contributed by atoms with van der Waals surface area (Å²) < 4.78 is 10.9. The number of nitrogens with zero attached hydrogens (tertiary/aromatic N) is 2. The minimum Gasteiger partial charge on any atom is -0.468 e. The molecule has 0 spiro atoms. The standard InChI is InChI=1S/C29H25N3O4S/c1-3-16-36-29(34)26-20(2)31-28(23(18-30)27(26)24-15-10-17-35-24)37-19-25(33)32(21-11-6-4-7-12-21)22-13-8-5-9-14-22/h3-15,17,27,31H,1,16,19H2,2H3. The molecule has 0 radical (unpaired) electrons. The normalized spacial score (nSPS) is 15.0. The second-order valence-electron chi connectivity index (χ2n) is 8.04. The second-order valence-corrected chi connectivity index (χ2v) is 9.03. The maximum atomic E-state index is 13.5. The summed E-state index contributed by atoms with van der Waals surface area (Å²) in [5.41, 5.74) is 2.55. The zero-order valence-electron chi connectivity index (χ0n) is 20.2. The number of allylic oxidation sites excluding steroid dienone is 2. The lowest BCUT2D eigenvalue weighted by atomic mass is 9.86. The summed E-state index contributed by atoms with van der Waals surface area (Å²) in [7, 11) is 0. The number of dihydropyridines is 1. The Bertz CT molecular complexity index is 1330. The van der Waals surface area contributed by atoms with Crippen LogP contribution in [0.1, 0.15) is 18.6 Å². The average molecular weight is 512 g/mol. The van der Waals surface area contributed by atoms with Gasteiger partial charge in [0.25, 0.3) is 0 Å². The Kier molecular flexibility index (Phi) is 8.29. The number of nitriles is 1. The number of nitrogens with one attached hydrogen (secondary N) is 1. The molecule has 1 aromatic heterocycles. The van der Waals surface area contributed by atoms with Gasteiger partial charge in [-0.25, -0.2) is 4.79 Å². The minimum absolute atomic E-state index is 0.0387. The van der Waals surface area contributed by atoms with E-state index in [9.17, 15) is 14.9 Å². The molecule has 1 amide bonds.